The maximum absolute atomic E-state index is 12.1. The van der Waals surface area contributed by atoms with Crippen LogP contribution in [0.3, 0.4) is 0 Å². The zero-order valence-corrected chi connectivity index (χ0v) is 14.7. The van der Waals surface area contributed by atoms with E-state index in [9.17, 15) is 4.79 Å². The molecule has 1 N–H and O–H groups in total. The van der Waals surface area contributed by atoms with Gasteiger partial charge in [0, 0.05) is 12.6 Å². The van der Waals surface area contributed by atoms with Crippen molar-refractivity contribution in [1.82, 2.24) is 15.2 Å². The van der Waals surface area contributed by atoms with Crippen LogP contribution in [-0.4, -0.2) is 21.2 Å². The lowest BCUT2D eigenvalue weighted by atomic mass is 10.3. The number of fused-ring (bicyclic) bond motifs is 1. The number of para-hydroxylation sites is 1. The number of aromatic nitrogens is 3. The molecule has 0 bridgehead atoms. The number of carbonyl (C=O) groups excluding carboxylic acids is 1. The second kappa shape index (κ2) is 6.61. The van der Waals surface area contributed by atoms with E-state index in [0.29, 0.717) is 10.8 Å². The van der Waals surface area contributed by atoms with Crippen molar-refractivity contribution in [3.8, 4) is 0 Å². The molecular formula is C16H12N4O3S2. The van der Waals surface area contributed by atoms with Gasteiger partial charge in [0.25, 0.3) is 5.89 Å². The lowest BCUT2D eigenvalue weighted by molar-refractivity contribution is 0.0443. The highest BCUT2D eigenvalue weighted by molar-refractivity contribution is 7.29. The number of hydrogen-bond donors (Lipinski definition) is 1. The highest BCUT2D eigenvalue weighted by Gasteiger charge is 2.16. The topological polar surface area (TPSA) is 90.1 Å². The first-order valence-corrected chi connectivity index (χ1v) is 8.99. The van der Waals surface area contributed by atoms with Gasteiger partial charge in [-0.15, -0.1) is 21.5 Å². The van der Waals surface area contributed by atoms with Crippen LogP contribution in [0.2, 0.25) is 0 Å². The molecule has 126 valence electrons. The van der Waals surface area contributed by atoms with Gasteiger partial charge in [-0.05, 0) is 18.2 Å². The second-order valence-corrected chi connectivity index (χ2v) is 7.14. The number of carbonyl (C=O) groups is 1. The van der Waals surface area contributed by atoms with Crippen molar-refractivity contribution in [2.24, 2.45) is 0 Å². The first-order chi connectivity index (χ1) is 12.2. The number of ether oxygens (including phenoxy) is 1. The number of thiazole rings is 1. The van der Waals surface area contributed by atoms with E-state index in [1.165, 1.54) is 22.7 Å². The quantitative estimate of drug-likeness (QED) is 0.526. The predicted molar refractivity (Wildman–Crippen MR) is 95.4 cm³/mol. The molecule has 0 amide bonds. The van der Waals surface area contributed by atoms with Gasteiger partial charge >= 0.3 is 5.97 Å². The minimum Gasteiger partial charge on any atom is -0.451 e. The van der Waals surface area contributed by atoms with Crippen molar-refractivity contribution in [2.45, 2.75) is 13.5 Å². The monoisotopic (exact) mass is 372 g/mol. The summed E-state index contributed by atoms with van der Waals surface area (Å²) in [5.41, 5.74) is 0.971. The van der Waals surface area contributed by atoms with E-state index in [1.54, 1.807) is 13.0 Å². The smallest absolute Gasteiger partial charge is 0.348 e. The molecule has 7 nitrogen and oxygen atoms in total. The minimum atomic E-state index is -0.427. The summed E-state index contributed by atoms with van der Waals surface area (Å²) in [5.74, 6) is 0.283. The largest absolute Gasteiger partial charge is 0.451 e. The number of nitrogens with zero attached hydrogens (tertiary/aromatic N) is 3. The van der Waals surface area contributed by atoms with Gasteiger partial charge in [0.2, 0.25) is 5.89 Å². The standard InChI is InChI=1S/C16H12N4O3S2/c1-9-19-20-13(23-9)8-22-15(21)12-7-11-14(24-12)18-16(25-11)17-10-5-3-2-4-6-10/h2-7H,8H2,1H3,(H,17,18). The van der Waals surface area contributed by atoms with E-state index in [1.807, 2.05) is 30.3 Å². The van der Waals surface area contributed by atoms with Crippen molar-refractivity contribution >= 4 is 49.0 Å². The summed E-state index contributed by atoms with van der Waals surface area (Å²) in [5, 5.41) is 11.5. The van der Waals surface area contributed by atoms with E-state index in [4.69, 9.17) is 9.15 Å². The van der Waals surface area contributed by atoms with Crippen LogP contribution in [0.5, 0.6) is 0 Å². The normalized spacial score (nSPS) is 10.9. The van der Waals surface area contributed by atoms with Gasteiger partial charge in [-0.2, -0.15) is 0 Å². The van der Waals surface area contributed by atoms with Crippen LogP contribution >= 0.6 is 22.7 Å². The van der Waals surface area contributed by atoms with E-state index in [0.717, 1.165) is 20.3 Å². The number of esters is 1. The Morgan fingerprint density at radius 3 is 2.80 bits per heavy atom. The lowest BCUT2D eigenvalue weighted by Crippen LogP contribution is -2.03. The molecule has 0 atom stereocenters. The molecule has 9 heteroatoms. The predicted octanol–water partition coefficient (Wildman–Crippen LogP) is 4.15. The van der Waals surface area contributed by atoms with Gasteiger partial charge in [-0.25, -0.2) is 9.78 Å². The van der Waals surface area contributed by atoms with E-state index in [-0.39, 0.29) is 12.5 Å². The Labute approximate surface area is 150 Å². The molecule has 0 aliphatic heterocycles. The molecule has 4 rings (SSSR count). The van der Waals surface area contributed by atoms with Crippen LogP contribution < -0.4 is 5.32 Å². The van der Waals surface area contributed by atoms with Gasteiger partial charge in [0.05, 0.1) is 4.70 Å². The molecule has 0 unspecified atom stereocenters. The van der Waals surface area contributed by atoms with Gasteiger partial charge in [-0.3, -0.25) is 0 Å². The first-order valence-electron chi connectivity index (χ1n) is 7.36. The number of benzene rings is 1. The molecule has 3 aromatic heterocycles. The molecule has 0 fully saturated rings. The highest BCUT2D eigenvalue weighted by Crippen LogP contribution is 2.34. The van der Waals surface area contributed by atoms with Gasteiger partial charge in [0.15, 0.2) is 11.7 Å². The number of thiophene rings is 1. The second-order valence-electron chi connectivity index (χ2n) is 5.08. The number of aryl methyl sites for hydroxylation is 1. The van der Waals surface area contributed by atoms with Crippen LogP contribution in [-0.2, 0) is 11.3 Å². The maximum Gasteiger partial charge on any atom is 0.348 e. The Morgan fingerprint density at radius 2 is 2.08 bits per heavy atom. The Morgan fingerprint density at radius 1 is 1.24 bits per heavy atom. The molecule has 0 saturated carbocycles. The fraction of sp³-hybridized carbons (Fsp3) is 0.125. The highest BCUT2D eigenvalue weighted by atomic mass is 32.1. The van der Waals surface area contributed by atoms with Crippen LogP contribution in [0.4, 0.5) is 10.8 Å². The van der Waals surface area contributed by atoms with Crippen LogP contribution in [0.15, 0.2) is 40.8 Å². The fourth-order valence-electron chi connectivity index (χ4n) is 2.13. The molecule has 0 radical (unpaired) electrons. The summed E-state index contributed by atoms with van der Waals surface area (Å²) in [6.07, 6.45) is 0. The van der Waals surface area contributed by atoms with E-state index < -0.39 is 5.97 Å². The summed E-state index contributed by atoms with van der Waals surface area (Å²) in [7, 11) is 0. The molecule has 4 aromatic rings. The maximum atomic E-state index is 12.1. The summed E-state index contributed by atoms with van der Waals surface area (Å²) >= 11 is 2.78. The number of rotatable bonds is 5. The Balaban J connectivity index is 1.44. The minimum absolute atomic E-state index is 0.0422. The van der Waals surface area contributed by atoms with E-state index in [2.05, 4.69) is 20.5 Å². The Hall–Kier alpha value is -2.78. The van der Waals surface area contributed by atoms with Crippen molar-refractivity contribution in [3.05, 3.63) is 53.1 Å². The van der Waals surface area contributed by atoms with E-state index >= 15 is 0 Å². The Kier molecular flexibility index (Phi) is 4.16. The molecule has 1 aromatic carbocycles. The van der Waals surface area contributed by atoms with Gasteiger partial charge in [-0.1, -0.05) is 29.5 Å². The molecular weight excluding hydrogens is 360 g/mol. The van der Waals surface area contributed by atoms with Crippen molar-refractivity contribution in [1.29, 1.82) is 0 Å². The molecule has 0 aliphatic carbocycles. The van der Waals surface area contributed by atoms with Gasteiger partial charge in [0.1, 0.15) is 9.71 Å². The zero-order valence-electron chi connectivity index (χ0n) is 13.1. The zero-order chi connectivity index (χ0) is 17.2. The van der Waals surface area contributed by atoms with Crippen LogP contribution in [0, 0.1) is 6.92 Å². The van der Waals surface area contributed by atoms with Crippen molar-refractivity contribution < 1.29 is 13.9 Å². The summed E-state index contributed by atoms with van der Waals surface area (Å²) in [6.45, 7) is 1.64. The molecule has 0 spiro atoms. The first kappa shape index (κ1) is 15.7. The van der Waals surface area contributed by atoms with Crippen molar-refractivity contribution in [2.75, 3.05) is 5.32 Å². The van der Waals surface area contributed by atoms with Crippen LogP contribution in [0.25, 0.3) is 9.53 Å². The summed E-state index contributed by atoms with van der Waals surface area (Å²) in [4.78, 5) is 17.9. The fourth-order valence-corrected chi connectivity index (χ4v) is 4.16. The molecule has 3 heterocycles. The number of hydrogen-bond acceptors (Lipinski definition) is 9. The average Bonchev–Trinajstić information content (AvgIpc) is 3.28. The van der Waals surface area contributed by atoms with Crippen LogP contribution in [0.1, 0.15) is 21.5 Å². The third-order valence-corrected chi connectivity index (χ3v) is 5.27. The van der Waals surface area contributed by atoms with Crippen molar-refractivity contribution in [3.63, 3.8) is 0 Å². The molecule has 25 heavy (non-hydrogen) atoms. The van der Waals surface area contributed by atoms with Gasteiger partial charge < -0.3 is 14.5 Å². The third kappa shape index (κ3) is 3.52. The molecule has 0 saturated heterocycles. The average molecular weight is 372 g/mol. The third-order valence-electron chi connectivity index (χ3n) is 3.21. The summed E-state index contributed by atoms with van der Waals surface area (Å²) < 4.78 is 11.3. The number of anilines is 2. The summed E-state index contributed by atoms with van der Waals surface area (Å²) in [6, 6.07) is 11.6. The Bertz CT molecular complexity index is 991. The SMILES string of the molecule is Cc1nnc(COC(=O)c2cc3sc(Nc4ccccc4)nc3s2)o1. The molecule has 0 aliphatic rings. The number of nitrogens with one attached hydrogen (secondary N) is 1. The lowest BCUT2D eigenvalue weighted by Gasteiger charge is -2.00.